The molecule has 2 rings (SSSR count). The second-order valence-electron chi connectivity index (χ2n) is 4.81. The summed E-state index contributed by atoms with van der Waals surface area (Å²) in [7, 11) is 0. The molecular weight excluding hydrogens is 344 g/mol. The number of carbonyl (C=O) groups is 2. The minimum atomic E-state index is -0.169. The summed E-state index contributed by atoms with van der Waals surface area (Å²) in [6.45, 7) is 2.64. The maximum Gasteiger partial charge on any atom is 0.252 e. The molecule has 0 radical (unpaired) electrons. The van der Waals surface area contributed by atoms with Crippen molar-refractivity contribution < 1.29 is 9.59 Å². The van der Waals surface area contributed by atoms with E-state index in [9.17, 15) is 9.59 Å². The lowest BCUT2D eigenvalue weighted by Gasteiger charge is -2.09. The van der Waals surface area contributed by atoms with E-state index < -0.39 is 0 Å². The van der Waals surface area contributed by atoms with Gasteiger partial charge in [0.1, 0.15) is 0 Å². The van der Waals surface area contributed by atoms with Crippen molar-refractivity contribution in [2.45, 2.75) is 6.92 Å². The number of halogens is 1. The average molecular weight is 361 g/mol. The molecule has 0 atom stereocenters. The van der Waals surface area contributed by atoms with Gasteiger partial charge in [0, 0.05) is 23.1 Å². The van der Waals surface area contributed by atoms with Crippen molar-refractivity contribution in [3.8, 4) is 0 Å². The highest BCUT2D eigenvalue weighted by atomic mass is 79.9. The molecule has 0 bridgehead atoms. The zero-order valence-electron chi connectivity index (χ0n) is 12.2. The van der Waals surface area contributed by atoms with Crippen LogP contribution in [0.1, 0.15) is 26.3 Å². The minimum Gasteiger partial charge on any atom is -0.350 e. The monoisotopic (exact) mass is 360 g/mol. The molecule has 0 fully saturated rings. The summed E-state index contributed by atoms with van der Waals surface area (Å²) in [5.74, 6) is -0.300. The summed E-state index contributed by atoms with van der Waals surface area (Å²) in [6.07, 6.45) is 0. The molecule has 0 aliphatic carbocycles. The Labute approximate surface area is 138 Å². The SMILES string of the molecule is Cc1ccccc1C(=O)NCCNC(=O)c1ccccc1Br. The zero-order valence-corrected chi connectivity index (χ0v) is 13.8. The van der Waals surface area contributed by atoms with Crippen molar-refractivity contribution in [1.29, 1.82) is 0 Å². The molecule has 114 valence electrons. The molecule has 0 spiro atoms. The number of nitrogens with one attached hydrogen (secondary N) is 2. The quantitative estimate of drug-likeness (QED) is 0.805. The summed E-state index contributed by atoms with van der Waals surface area (Å²) in [6, 6.07) is 14.6. The number of benzene rings is 2. The third kappa shape index (κ3) is 4.18. The minimum absolute atomic E-state index is 0.131. The average Bonchev–Trinajstić information content (AvgIpc) is 2.52. The molecule has 4 nitrogen and oxygen atoms in total. The normalized spacial score (nSPS) is 10.1. The van der Waals surface area contributed by atoms with E-state index in [0.717, 1.165) is 10.0 Å². The van der Waals surface area contributed by atoms with E-state index >= 15 is 0 Å². The van der Waals surface area contributed by atoms with Gasteiger partial charge in [0.05, 0.1) is 5.56 Å². The lowest BCUT2D eigenvalue weighted by Crippen LogP contribution is -2.35. The van der Waals surface area contributed by atoms with Crippen LogP contribution in [-0.4, -0.2) is 24.9 Å². The Morgan fingerprint density at radius 1 is 0.864 bits per heavy atom. The van der Waals surface area contributed by atoms with E-state index in [0.29, 0.717) is 24.2 Å². The topological polar surface area (TPSA) is 58.2 Å². The Morgan fingerprint density at radius 2 is 1.36 bits per heavy atom. The van der Waals surface area contributed by atoms with Crippen molar-refractivity contribution in [2.75, 3.05) is 13.1 Å². The Hall–Kier alpha value is -2.14. The van der Waals surface area contributed by atoms with E-state index in [2.05, 4.69) is 26.6 Å². The predicted molar refractivity (Wildman–Crippen MR) is 90.0 cm³/mol. The Morgan fingerprint density at radius 3 is 1.95 bits per heavy atom. The fourth-order valence-corrected chi connectivity index (χ4v) is 2.48. The molecule has 0 aliphatic rings. The molecule has 5 heteroatoms. The molecule has 0 saturated heterocycles. The molecule has 2 aromatic rings. The lowest BCUT2D eigenvalue weighted by molar-refractivity contribution is 0.0927. The third-order valence-electron chi connectivity index (χ3n) is 3.20. The molecule has 2 amide bonds. The van der Waals surface area contributed by atoms with Crippen molar-refractivity contribution in [1.82, 2.24) is 10.6 Å². The summed E-state index contributed by atoms with van der Waals surface area (Å²) >= 11 is 3.34. The van der Waals surface area contributed by atoms with E-state index in [-0.39, 0.29) is 11.8 Å². The maximum absolute atomic E-state index is 12.0. The fourth-order valence-electron chi connectivity index (χ4n) is 2.02. The summed E-state index contributed by atoms with van der Waals surface area (Å²) < 4.78 is 0.747. The second kappa shape index (κ2) is 7.75. The van der Waals surface area contributed by atoms with Crippen LogP contribution in [0.2, 0.25) is 0 Å². The van der Waals surface area contributed by atoms with Crippen molar-refractivity contribution in [3.63, 3.8) is 0 Å². The van der Waals surface area contributed by atoms with Gasteiger partial charge in [-0.25, -0.2) is 0 Å². The molecule has 0 heterocycles. The predicted octanol–water partition coefficient (Wildman–Crippen LogP) is 2.92. The van der Waals surface area contributed by atoms with Gasteiger partial charge in [-0.15, -0.1) is 0 Å². The van der Waals surface area contributed by atoms with E-state index in [1.165, 1.54) is 0 Å². The Balaban J connectivity index is 1.80. The van der Waals surface area contributed by atoms with Gasteiger partial charge in [-0.1, -0.05) is 30.3 Å². The largest absolute Gasteiger partial charge is 0.350 e. The first kappa shape index (κ1) is 16.2. The van der Waals surface area contributed by atoms with Gasteiger partial charge in [0.2, 0.25) is 0 Å². The number of hydrogen-bond acceptors (Lipinski definition) is 2. The van der Waals surface area contributed by atoms with Crippen LogP contribution in [-0.2, 0) is 0 Å². The van der Waals surface area contributed by atoms with Crippen LogP contribution in [0.25, 0.3) is 0 Å². The van der Waals surface area contributed by atoms with Crippen LogP contribution in [0.4, 0.5) is 0 Å². The molecule has 0 aromatic heterocycles. The van der Waals surface area contributed by atoms with Crippen LogP contribution < -0.4 is 10.6 Å². The Kier molecular flexibility index (Phi) is 5.72. The molecule has 0 saturated carbocycles. The van der Waals surface area contributed by atoms with Gasteiger partial charge in [-0.3, -0.25) is 9.59 Å². The fraction of sp³-hybridized carbons (Fsp3) is 0.176. The van der Waals surface area contributed by atoms with Crippen molar-refractivity contribution in [3.05, 3.63) is 69.7 Å². The lowest BCUT2D eigenvalue weighted by atomic mass is 10.1. The first-order chi connectivity index (χ1) is 10.6. The number of amides is 2. The number of rotatable bonds is 5. The van der Waals surface area contributed by atoms with Gasteiger partial charge in [0.25, 0.3) is 11.8 Å². The van der Waals surface area contributed by atoms with Crippen LogP contribution in [0.5, 0.6) is 0 Å². The van der Waals surface area contributed by atoms with Crippen LogP contribution in [0.15, 0.2) is 53.0 Å². The summed E-state index contributed by atoms with van der Waals surface area (Å²) in [5, 5.41) is 5.57. The molecular formula is C17H17BrN2O2. The van der Waals surface area contributed by atoms with Gasteiger partial charge < -0.3 is 10.6 Å². The third-order valence-corrected chi connectivity index (χ3v) is 3.90. The van der Waals surface area contributed by atoms with Gasteiger partial charge in [0.15, 0.2) is 0 Å². The van der Waals surface area contributed by atoms with Crippen LogP contribution in [0.3, 0.4) is 0 Å². The highest BCUT2D eigenvalue weighted by Crippen LogP contribution is 2.15. The van der Waals surface area contributed by atoms with Gasteiger partial charge in [-0.2, -0.15) is 0 Å². The summed E-state index contributed by atoms with van der Waals surface area (Å²) in [4.78, 5) is 24.0. The van der Waals surface area contributed by atoms with Crippen LogP contribution in [0, 0.1) is 6.92 Å². The Bertz CT molecular complexity index is 626. The molecule has 2 N–H and O–H groups in total. The number of carbonyl (C=O) groups excluding carboxylic acids is 2. The first-order valence-corrected chi connectivity index (χ1v) is 7.75. The number of hydrogen-bond donors (Lipinski definition) is 2. The number of aryl methyl sites for hydroxylation is 1. The van der Waals surface area contributed by atoms with E-state index in [1.807, 2.05) is 37.3 Å². The summed E-state index contributed by atoms with van der Waals surface area (Å²) in [5.41, 5.74) is 2.16. The molecule has 0 unspecified atom stereocenters. The van der Waals surface area contributed by atoms with Gasteiger partial charge in [-0.05, 0) is 46.6 Å². The highest BCUT2D eigenvalue weighted by molar-refractivity contribution is 9.10. The second-order valence-corrected chi connectivity index (χ2v) is 5.66. The molecule has 22 heavy (non-hydrogen) atoms. The smallest absolute Gasteiger partial charge is 0.252 e. The maximum atomic E-state index is 12.0. The zero-order chi connectivity index (χ0) is 15.9. The molecule has 2 aromatic carbocycles. The van der Waals surface area contributed by atoms with Gasteiger partial charge >= 0.3 is 0 Å². The van der Waals surface area contributed by atoms with E-state index in [1.54, 1.807) is 18.2 Å². The van der Waals surface area contributed by atoms with E-state index in [4.69, 9.17) is 0 Å². The first-order valence-electron chi connectivity index (χ1n) is 6.96. The molecule has 0 aliphatic heterocycles. The standard InChI is InChI=1S/C17H17BrN2O2/c1-12-6-2-3-7-13(12)16(21)19-10-11-20-17(22)14-8-4-5-9-15(14)18/h2-9H,10-11H2,1H3,(H,19,21)(H,20,22). The van der Waals surface area contributed by atoms with Crippen molar-refractivity contribution in [2.24, 2.45) is 0 Å². The van der Waals surface area contributed by atoms with Crippen LogP contribution >= 0.6 is 15.9 Å². The highest BCUT2D eigenvalue weighted by Gasteiger charge is 2.09. The van der Waals surface area contributed by atoms with Crippen molar-refractivity contribution >= 4 is 27.7 Å².